The van der Waals surface area contributed by atoms with E-state index in [2.05, 4.69) is 26.2 Å². The highest BCUT2D eigenvalue weighted by atomic mass is 14.9. The lowest BCUT2D eigenvalue weighted by atomic mass is 9.62. The van der Waals surface area contributed by atoms with E-state index < -0.39 is 0 Å². The second-order valence-corrected chi connectivity index (χ2v) is 5.66. The zero-order valence-corrected chi connectivity index (χ0v) is 9.92. The van der Waals surface area contributed by atoms with E-state index >= 15 is 0 Å². The first-order chi connectivity index (χ1) is 6.74. The predicted molar refractivity (Wildman–Crippen MR) is 61.2 cm³/mol. The highest BCUT2D eigenvalue weighted by molar-refractivity contribution is 4.93. The second-order valence-electron chi connectivity index (χ2n) is 5.66. The van der Waals surface area contributed by atoms with E-state index in [0.29, 0.717) is 0 Å². The van der Waals surface area contributed by atoms with Crippen molar-refractivity contribution in [2.45, 2.75) is 52.0 Å². The molecule has 0 aromatic rings. The van der Waals surface area contributed by atoms with Crippen molar-refractivity contribution in [3.05, 3.63) is 0 Å². The maximum Gasteiger partial charge on any atom is 0.0121 e. The van der Waals surface area contributed by atoms with Crippen molar-refractivity contribution in [1.29, 1.82) is 0 Å². The van der Waals surface area contributed by atoms with E-state index in [4.69, 9.17) is 0 Å². The van der Waals surface area contributed by atoms with Gasteiger partial charge in [0.25, 0.3) is 0 Å². The fourth-order valence-electron chi connectivity index (χ4n) is 4.14. The highest BCUT2D eigenvalue weighted by Crippen LogP contribution is 2.45. The van der Waals surface area contributed by atoms with E-state index in [-0.39, 0.29) is 0 Å². The molecule has 2 aliphatic carbocycles. The number of rotatable bonds is 2. The van der Waals surface area contributed by atoms with Crippen molar-refractivity contribution in [3.8, 4) is 0 Å². The van der Waals surface area contributed by atoms with Crippen LogP contribution in [0.4, 0.5) is 0 Å². The summed E-state index contributed by atoms with van der Waals surface area (Å²) in [6.07, 6.45) is 7.34. The molecule has 5 atom stereocenters. The van der Waals surface area contributed by atoms with Crippen LogP contribution in [-0.4, -0.2) is 13.1 Å². The van der Waals surface area contributed by atoms with Crippen LogP contribution in [0.5, 0.6) is 0 Å². The molecule has 0 spiro atoms. The molecule has 82 valence electrons. The zero-order valence-electron chi connectivity index (χ0n) is 9.92. The van der Waals surface area contributed by atoms with E-state index in [1.807, 2.05) is 0 Å². The molecule has 14 heavy (non-hydrogen) atoms. The van der Waals surface area contributed by atoms with Crippen LogP contribution >= 0.6 is 0 Å². The lowest BCUT2D eigenvalue weighted by Gasteiger charge is -2.47. The first-order valence-electron chi connectivity index (χ1n) is 6.41. The Kier molecular flexibility index (Phi) is 3.16. The summed E-state index contributed by atoms with van der Waals surface area (Å²) in [4.78, 5) is 0. The molecule has 0 aliphatic heterocycles. The number of hydrogen-bond donors (Lipinski definition) is 1. The van der Waals surface area contributed by atoms with Gasteiger partial charge in [0.05, 0.1) is 0 Å². The van der Waals surface area contributed by atoms with E-state index in [1.54, 1.807) is 0 Å². The Balaban J connectivity index is 2.07. The Morgan fingerprint density at radius 3 is 2.57 bits per heavy atom. The average Bonchev–Trinajstić information content (AvgIpc) is 2.16. The SMILES string of the molecule is CCC1CC2CC(C)CC(C2)C1NC. The molecular formula is C13H25N. The van der Waals surface area contributed by atoms with Gasteiger partial charge in [0, 0.05) is 6.04 Å². The van der Waals surface area contributed by atoms with Gasteiger partial charge in [-0.15, -0.1) is 0 Å². The van der Waals surface area contributed by atoms with Gasteiger partial charge >= 0.3 is 0 Å². The molecule has 2 bridgehead atoms. The Morgan fingerprint density at radius 2 is 1.93 bits per heavy atom. The van der Waals surface area contributed by atoms with Crippen LogP contribution in [0.15, 0.2) is 0 Å². The predicted octanol–water partition coefficient (Wildman–Crippen LogP) is 3.06. The third kappa shape index (κ3) is 1.84. The fraction of sp³-hybridized carbons (Fsp3) is 1.00. The molecule has 5 unspecified atom stereocenters. The van der Waals surface area contributed by atoms with Crippen LogP contribution in [0.3, 0.4) is 0 Å². The van der Waals surface area contributed by atoms with Crippen LogP contribution in [0, 0.1) is 23.7 Å². The molecule has 0 saturated heterocycles. The molecule has 2 rings (SSSR count). The van der Waals surface area contributed by atoms with Gasteiger partial charge in [-0.05, 0) is 56.4 Å². The van der Waals surface area contributed by atoms with E-state index in [9.17, 15) is 0 Å². The summed E-state index contributed by atoms with van der Waals surface area (Å²) in [5.41, 5.74) is 0. The maximum atomic E-state index is 3.58. The van der Waals surface area contributed by atoms with Crippen LogP contribution in [0.25, 0.3) is 0 Å². The van der Waals surface area contributed by atoms with Gasteiger partial charge in [0.2, 0.25) is 0 Å². The summed E-state index contributed by atoms with van der Waals surface area (Å²) in [6, 6.07) is 0.819. The molecular weight excluding hydrogens is 170 g/mol. The van der Waals surface area contributed by atoms with Crippen molar-refractivity contribution >= 4 is 0 Å². The van der Waals surface area contributed by atoms with Gasteiger partial charge in [-0.1, -0.05) is 20.3 Å². The molecule has 2 aliphatic rings. The Labute approximate surface area is 88.7 Å². The van der Waals surface area contributed by atoms with Crippen LogP contribution in [0.1, 0.15) is 46.0 Å². The number of nitrogens with one attached hydrogen (secondary N) is 1. The smallest absolute Gasteiger partial charge is 0.0121 e. The molecule has 2 saturated carbocycles. The van der Waals surface area contributed by atoms with Crippen LogP contribution in [0.2, 0.25) is 0 Å². The maximum absolute atomic E-state index is 3.58. The quantitative estimate of drug-likeness (QED) is 0.714. The largest absolute Gasteiger partial charge is 0.316 e. The lowest BCUT2D eigenvalue weighted by Crippen LogP contribution is -2.48. The van der Waals surface area contributed by atoms with Crippen molar-refractivity contribution in [2.24, 2.45) is 23.7 Å². The average molecular weight is 195 g/mol. The topological polar surface area (TPSA) is 12.0 Å². The number of hydrogen-bond acceptors (Lipinski definition) is 1. The summed E-state index contributed by atoms with van der Waals surface area (Å²) < 4.78 is 0. The molecule has 1 N–H and O–H groups in total. The summed E-state index contributed by atoms with van der Waals surface area (Å²) in [5.74, 6) is 3.97. The summed E-state index contributed by atoms with van der Waals surface area (Å²) in [7, 11) is 2.16. The van der Waals surface area contributed by atoms with Crippen molar-refractivity contribution < 1.29 is 0 Å². The zero-order chi connectivity index (χ0) is 10.1. The highest BCUT2D eigenvalue weighted by Gasteiger charge is 2.39. The second kappa shape index (κ2) is 4.22. The first kappa shape index (κ1) is 10.5. The third-order valence-electron chi connectivity index (χ3n) is 4.59. The molecule has 1 nitrogen and oxygen atoms in total. The molecule has 0 amide bonds. The minimum atomic E-state index is 0.819. The Bertz CT molecular complexity index is 188. The van der Waals surface area contributed by atoms with Crippen molar-refractivity contribution in [1.82, 2.24) is 5.32 Å². The van der Waals surface area contributed by atoms with Gasteiger partial charge in [-0.2, -0.15) is 0 Å². The standard InChI is InChI=1S/C13H25N/c1-4-11-7-10-5-9(2)6-12(8-10)13(11)14-3/h9-14H,4-8H2,1-3H3. The minimum Gasteiger partial charge on any atom is -0.316 e. The lowest BCUT2D eigenvalue weighted by molar-refractivity contribution is 0.0648. The summed E-state index contributed by atoms with van der Waals surface area (Å²) >= 11 is 0. The van der Waals surface area contributed by atoms with E-state index in [1.165, 1.54) is 32.1 Å². The molecule has 2 fully saturated rings. The normalized spacial score (nSPS) is 47.8. The van der Waals surface area contributed by atoms with Crippen LogP contribution in [-0.2, 0) is 0 Å². The van der Waals surface area contributed by atoms with Gasteiger partial charge in [-0.25, -0.2) is 0 Å². The van der Waals surface area contributed by atoms with Gasteiger partial charge in [-0.3, -0.25) is 0 Å². The molecule has 0 radical (unpaired) electrons. The molecule has 0 heterocycles. The third-order valence-corrected chi connectivity index (χ3v) is 4.59. The monoisotopic (exact) mass is 195 g/mol. The minimum absolute atomic E-state index is 0.819. The molecule has 0 aromatic heterocycles. The summed E-state index contributed by atoms with van der Waals surface area (Å²) in [5, 5.41) is 3.58. The number of fused-ring (bicyclic) bond motifs is 2. The van der Waals surface area contributed by atoms with Crippen molar-refractivity contribution in [3.63, 3.8) is 0 Å². The molecule has 1 heteroatoms. The first-order valence-corrected chi connectivity index (χ1v) is 6.41. The Hall–Kier alpha value is -0.0400. The fourth-order valence-corrected chi connectivity index (χ4v) is 4.14. The van der Waals surface area contributed by atoms with Gasteiger partial charge in [0.1, 0.15) is 0 Å². The summed E-state index contributed by atoms with van der Waals surface area (Å²) in [6.45, 7) is 4.80. The van der Waals surface area contributed by atoms with Crippen LogP contribution < -0.4 is 5.32 Å². The van der Waals surface area contributed by atoms with Gasteiger partial charge in [0.15, 0.2) is 0 Å². The van der Waals surface area contributed by atoms with Crippen molar-refractivity contribution in [2.75, 3.05) is 7.05 Å². The molecule has 0 aromatic carbocycles. The Morgan fingerprint density at radius 1 is 1.14 bits per heavy atom. The van der Waals surface area contributed by atoms with Gasteiger partial charge < -0.3 is 5.32 Å². The van der Waals surface area contributed by atoms with E-state index in [0.717, 1.165) is 29.7 Å².